The highest BCUT2D eigenvalue weighted by Gasteiger charge is 2.26. The Bertz CT molecular complexity index is 1330. The number of carbonyl (C=O) groups excluding carboxylic acids is 1. The van der Waals surface area contributed by atoms with Gasteiger partial charge in [0.1, 0.15) is 11.5 Å². The van der Waals surface area contributed by atoms with Crippen molar-refractivity contribution in [2.75, 3.05) is 24.3 Å². The zero-order valence-corrected chi connectivity index (χ0v) is 20.4. The summed E-state index contributed by atoms with van der Waals surface area (Å²) in [4.78, 5) is 14.9. The number of hydrogen-bond donors (Lipinski definition) is 0. The predicted molar refractivity (Wildman–Crippen MR) is 137 cm³/mol. The predicted octanol–water partition coefficient (Wildman–Crippen LogP) is 5.10. The number of carbonyl (C=O) groups is 1. The second-order valence-electron chi connectivity index (χ2n) is 8.16. The van der Waals surface area contributed by atoms with Gasteiger partial charge in [-0.05, 0) is 49.2 Å². The van der Waals surface area contributed by atoms with Crippen molar-refractivity contribution in [3.05, 3.63) is 90.3 Å². The zero-order valence-electron chi connectivity index (χ0n) is 19.6. The van der Waals surface area contributed by atoms with Gasteiger partial charge in [0.15, 0.2) is 17.1 Å². The van der Waals surface area contributed by atoms with Crippen LogP contribution in [0.2, 0.25) is 0 Å². The first-order chi connectivity index (χ1) is 17.1. The van der Waals surface area contributed by atoms with Crippen LogP contribution in [0.3, 0.4) is 0 Å². The first kappa shape index (κ1) is 23.0. The number of fused-ring (bicyclic) bond motifs is 1. The van der Waals surface area contributed by atoms with E-state index >= 15 is 0 Å². The van der Waals surface area contributed by atoms with Crippen LogP contribution in [0, 0.1) is 0 Å². The van der Waals surface area contributed by atoms with Crippen LogP contribution in [0.1, 0.15) is 24.4 Å². The third kappa shape index (κ3) is 4.88. The van der Waals surface area contributed by atoms with Crippen LogP contribution < -0.4 is 14.4 Å². The van der Waals surface area contributed by atoms with Gasteiger partial charge in [-0.15, -0.1) is 10.2 Å². The van der Waals surface area contributed by atoms with E-state index in [1.54, 1.807) is 7.11 Å². The standard InChI is InChI=1S/C27H26N4O3S/c1-19(34-23-13-8-12-22(17-23)33-2)26-28-29-27(31(26)21-10-4-3-5-11-21)35-18-25(32)30-16-15-20-9-6-7-14-24(20)30/h3-14,17,19H,15-16,18H2,1-2H3. The molecule has 3 aromatic carbocycles. The Hall–Kier alpha value is -3.78. The highest BCUT2D eigenvalue weighted by Crippen LogP contribution is 2.31. The van der Waals surface area contributed by atoms with Crippen LogP contribution in [0.15, 0.2) is 84.0 Å². The fraction of sp³-hybridized carbons (Fsp3) is 0.222. The SMILES string of the molecule is COc1cccc(OC(C)c2nnc(SCC(=O)N3CCc4ccccc43)n2-c2ccccc2)c1. The minimum atomic E-state index is -0.384. The van der Waals surface area contributed by atoms with E-state index in [1.807, 2.05) is 89.2 Å². The van der Waals surface area contributed by atoms with Crippen molar-refractivity contribution in [2.24, 2.45) is 0 Å². The number of aromatic nitrogens is 3. The van der Waals surface area contributed by atoms with E-state index in [4.69, 9.17) is 9.47 Å². The lowest BCUT2D eigenvalue weighted by molar-refractivity contribution is -0.116. The maximum atomic E-state index is 13.1. The molecule has 4 aromatic rings. The maximum Gasteiger partial charge on any atom is 0.237 e. The van der Waals surface area contributed by atoms with E-state index in [9.17, 15) is 4.79 Å². The lowest BCUT2D eigenvalue weighted by Crippen LogP contribution is -2.30. The number of benzene rings is 3. The molecule has 1 aromatic heterocycles. The highest BCUT2D eigenvalue weighted by atomic mass is 32.2. The molecule has 0 radical (unpaired) electrons. The third-order valence-corrected chi connectivity index (χ3v) is 6.82. The topological polar surface area (TPSA) is 69.5 Å². The van der Waals surface area contributed by atoms with Gasteiger partial charge in [0.25, 0.3) is 0 Å². The average molecular weight is 487 g/mol. The average Bonchev–Trinajstić information content (AvgIpc) is 3.52. The Morgan fingerprint density at radius 2 is 1.77 bits per heavy atom. The number of amides is 1. The van der Waals surface area contributed by atoms with Crippen molar-refractivity contribution in [3.8, 4) is 17.2 Å². The molecular formula is C27H26N4O3S. The van der Waals surface area contributed by atoms with Gasteiger partial charge < -0.3 is 14.4 Å². The van der Waals surface area contributed by atoms with Gasteiger partial charge in [-0.25, -0.2) is 0 Å². The monoisotopic (exact) mass is 486 g/mol. The number of anilines is 1. The molecule has 1 atom stereocenters. The number of rotatable bonds is 8. The number of nitrogens with zero attached hydrogens (tertiary/aromatic N) is 4. The van der Waals surface area contributed by atoms with Crippen molar-refractivity contribution in [1.82, 2.24) is 14.8 Å². The molecule has 0 saturated heterocycles. The van der Waals surface area contributed by atoms with Crippen molar-refractivity contribution in [2.45, 2.75) is 24.6 Å². The van der Waals surface area contributed by atoms with Crippen LogP contribution in [-0.4, -0.2) is 40.1 Å². The molecule has 1 amide bonds. The fourth-order valence-electron chi connectivity index (χ4n) is 4.19. The minimum absolute atomic E-state index is 0.0600. The van der Waals surface area contributed by atoms with Crippen molar-refractivity contribution in [1.29, 1.82) is 0 Å². The molecule has 1 aliphatic rings. The molecule has 1 unspecified atom stereocenters. The van der Waals surface area contributed by atoms with Gasteiger partial charge in [-0.1, -0.05) is 54.2 Å². The number of hydrogen-bond acceptors (Lipinski definition) is 6. The molecule has 0 saturated carbocycles. The van der Waals surface area contributed by atoms with E-state index in [0.29, 0.717) is 23.3 Å². The lowest BCUT2D eigenvalue weighted by Gasteiger charge is -2.18. The van der Waals surface area contributed by atoms with Crippen molar-refractivity contribution >= 4 is 23.4 Å². The summed E-state index contributed by atoms with van der Waals surface area (Å²) >= 11 is 1.38. The molecule has 5 rings (SSSR count). The van der Waals surface area contributed by atoms with Crippen LogP contribution >= 0.6 is 11.8 Å². The molecule has 2 heterocycles. The lowest BCUT2D eigenvalue weighted by atomic mass is 10.2. The molecule has 178 valence electrons. The molecule has 8 heteroatoms. The number of para-hydroxylation sites is 2. The summed E-state index contributed by atoms with van der Waals surface area (Å²) in [5, 5.41) is 9.53. The van der Waals surface area contributed by atoms with E-state index in [0.717, 1.165) is 23.5 Å². The van der Waals surface area contributed by atoms with Crippen molar-refractivity contribution in [3.63, 3.8) is 0 Å². The Kier molecular flexibility index (Phi) is 6.72. The zero-order chi connectivity index (χ0) is 24.2. The summed E-state index contributed by atoms with van der Waals surface area (Å²) < 4.78 is 13.4. The van der Waals surface area contributed by atoms with E-state index < -0.39 is 0 Å². The fourth-order valence-corrected chi connectivity index (χ4v) is 5.03. The first-order valence-corrected chi connectivity index (χ1v) is 12.4. The molecule has 35 heavy (non-hydrogen) atoms. The number of thioether (sulfide) groups is 1. The normalized spacial score (nSPS) is 13.4. The summed E-state index contributed by atoms with van der Waals surface area (Å²) in [5.41, 5.74) is 3.13. The van der Waals surface area contributed by atoms with Gasteiger partial charge in [0.05, 0.1) is 12.9 Å². The molecule has 0 bridgehead atoms. The summed E-state index contributed by atoms with van der Waals surface area (Å²) in [6.45, 7) is 2.64. The number of methoxy groups -OCH3 is 1. The summed E-state index contributed by atoms with van der Waals surface area (Å²) in [5.74, 6) is 2.38. The molecular weight excluding hydrogens is 460 g/mol. The van der Waals surface area contributed by atoms with Gasteiger partial charge in [-0.3, -0.25) is 9.36 Å². The summed E-state index contributed by atoms with van der Waals surface area (Å²) in [7, 11) is 1.63. The van der Waals surface area contributed by atoms with E-state index in [2.05, 4.69) is 16.3 Å². The van der Waals surface area contributed by atoms with Crippen LogP contribution in [0.5, 0.6) is 11.5 Å². The quantitative estimate of drug-likeness (QED) is 0.323. The van der Waals surface area contributed by atoms with E-state index in [-0.39, 0.29) is 17.8 Å². The Morgan fingerprint density at radius 1 is 1.00 bits per heavy atom. The smallest absolute Gasteiger partial charge is 0.237 e. The summed E-state index contributed by atoms with van der Waals surface area (Å²) in [6, 6.07) is 25.4. The molecule has 0 fully saturated rings. The Morgan fingerprint density at radius 3 is 2.60 bits per heavy atom. The summed E-state index contributed by atoms with van der Waals surface area (Å²) in [6.07, 6.45) is 0.501. The first-order valence-electron chi connectivity index (χ1n) is 11.5. The van der Waals surface area contributed by atoms with Gasteiger partial charge in [0, 0.05) is 24.0 Å². The maximum absolute atomic E-state index is 13.1. The highest BCUT2D eigenvalue weighted by molar-refractivity contribution is 7.99. The van der Waals surface area contributed by atoms with Gasteiger partial charge >= 0.3 is 0 Å². The molecule has 7 nitrogen and oxygen atoms in total. The van der Waals surface area contributed by atoms with Crippen LogP contribution in [0.4, 0.5) is 5.69 Å². The van der Waals surface area contributed by atoms with Crippen LogP contribution in [0.25, 0.3) is 5.69 Å². The number of ether oxygens (including phenoxy) is 2. The largest absolute Gasteiger partial charge is 0.497 e. The molecule has 0 spiro atoms. The minimum Gasteiger partial charge on any atom is -0.497 e. The second kappa shape index (κ2) is 10.2. The molecule has 0 aliphatic carbocycles. The van der Waals surface area contributed by atoms with Gasteiger partial charge in [-0.2, -0.15) is 0 Å². The van der Waals surface area contributed by atoms with E-state index in [1.165, 1.54) is 17.3 Å². The van der Waals surface area contributed by atoms with Crippen molar-refractivity contribution < 1.29 is 14.3 Å². The third-order valence-electron chi connectivity index (χ3n) is 5.90. The Balaban J connectivity index is 1.38. The second-order valence-corrected chi connectivity index (χ2v) is 9.11. The molecule has 0 N–H and O–H groups in total. The van der Waals surface area contributed by atoms with Crippen LogP contribution in [-0.2, 0) is 11.2 Å². The van der Waals surface area contributed by atoms with Gasteiger partial charge in [0.2, 0.25) is 5.91 Å². The molecule has 1 aliphatic heterocycles. The Labute approximate surface area is 208 Å².